The number of rotatable bonds is 6. The van der Waals surface area contributed by atoms with E-state index in [4.69, 9.17) is 15.2 Å². The molecule has 2 rings (SSSR count). The second kappa shape index (κ2) is 7.09. The average molecular weight is 297 g/mol. The molecule has 0 bridgehead atoms. The molecule has 2 N–H and O–H groups in total. The summed E-state index contributed by atoms with van der Waals surface area (Å²) in [4.78, 5) is 0. The molecule has 1 aromatic carbocycles. The summed E-state index contributed by atoms with van der Waals surface area (Å²) in [5.41, 5.74) is 7.11. The number of hydrogen-bond acceptors (Lipinski definition) is 4. The summed E-state index contributed by atoms with van der Waals surface area (Å²) in [6.07, 6.45) is 1.05. The minimum absolute atomic E-state index is 0.226. The standard InChI is InChI=1S/C15H23NO3S/c1-3-11(2)9-20(17)10-13(16)12-4-5-14-15(8-12)19-7-6-18-14/h4-5,8,11,13H,3,6-7,9-10,16H2,1-2H3. The van der Waals surface area contributed by atoms with Crippen LogP contribution in [0.15, 0.2) is 18.2 Å². The molecule has 0 spiro atoms. The van der Waals surface area contributed by atoms with Crippen LogP contribution in [0.2, 0.25) is 0 Å². The van der Waals surface area contributed by atoms with Gasteiger partial charge in [0.2, 0.25) is 0 Å². The van der Waals surface area contributed by atoms with Crippen LogP contribution in [0.5, 0.6) is 11.5 Å². The van der Waals surface area contributed by atoms with Crippen molar-refractivity contribution in [2.24, 2.45) is 11.7 Å². The van der Waals surface area contributed by atoms with E-state index in [0.717, 1.165) is 29.2 Å². The molecule has 5 heteroatoms. The van der Waals surface area contributed by atoms with Gasteiger partial charge in [0.05, 0.1) is 0 Å². The van der Waals surface area contributed by atoms with E-state index in [1.165, 1.54) is 0 Å². The molecule has 1 heterocycles. The molecular formula is C15H23NO3S. The van der Waals surface area contributed by atoms with Crippen LogP contribution in [0.4, 0.5) is 0 Å². The highest BCUT2D eigenvalue weighted by molar-refractivity contribution is 7.85. The number of ether oxygens (including phenoxy) is 2. The highest BCUT2D eigenvalue weighted by Crippen LogP contribution is 2.32. The summed E-state index contributed by atoms with van der Waals surface area (Å²) in [6, 6.07) is 5.48. The second-order valence-corrected chi connectivity index (χ2v) is 6.84. The Morgan fingerprint density at radius 1 is 1.25 bits per heavy atom. The molecule has 1 aromatic rings. The Morgan fingerprint density at radius 3 is 2.65 bits per heavy atom. The molecule has 0 saturated heterocycles. The Morgan fingerprint density at radius 2 is 1.95 bits per heavy atom. The first kappa shape index (κ1) is 15.3. The van der Waals surface area contributed by atoms with E-state index in [1.807, 2.05) is 18.2 Å². The van der Waals surface area contributed by atoms with Gasteiger partial charge in [0.15, 0.2) is 11.5 Å². The summed E-state index contributed by atoms with van der Waals surface area (Å²) in [7, 11) is -0.879. The number of fused-ring (bicyclic) bond motifs is 1. The first-order chi connectivity index (χ1) is 9.60. The lowest BCUT2D eigenvalue weighted by molar-refractivity contribution is 0.171. The molecule has 3 atom stereocenters. The predicted molar refractivity (Wildman–Crippen MR) is 81.7 cm³/mol. The minimum atomic E-state index is -0.879. The molecule has 112 valence electrons. The highest BCUT2D eigenvalue weighted by Gasteiger charge is 2.17. The van der Waals surface area contributed by atoms with Gasteiger partial charge in [-0.05, 0) is 23.6 Å². The van der Waals surface area contributed by atoms with Gasteiger partial charge in [-0.15, -0.1) is 0 Å². The quantitative estimate of drug-likeness (QED) is 0.875. The lowest BCUT2D eigenvalue weighted by atomic mass is 10.1. The van der Waals surface area contributed by atoms with Crippen LogP contribution in [0, 0.1) is 5.92 Å². The molecule has 0 saturated carbocycles. The van der Waals surface area contributed by atoms with Crippen LogP contribution in [0.1, 0.15) is 31.9 Å². The average Bonchev–Trinajstić information content (AvgIpc) is 2.46. The van der Waals surface area contributed by atoms with Crippen LogP contribution in [0.25, 0.3) is 0 Å². The maximum Gasteiger partial charge on any atom is 0.161 e. The Balaban J connectivity index is 1.98. The van der Waals surface area contributed by atoms with Crippen molar-refractivity contribution in [2.75, 3.05) is 24.7 Å². The normalized spacial score (nSPS) is 18.4. The molecule has 0 radical (unpaired) electrons. The molecule has 0 amide bonds. The Hall–Kier alpha value is -1.07. The van der Waals surface area contributed by atoms with Gasteiger partial charge < -0.3 is 15.2 Å². The Kier molecular flexibility index (Phi) is 5.43. The Labute approximate surface area is 123 Å². The summed E-state index contributed by atoms with van der Waals surface area (Å²) >= 11 is 0. The van der Waals surface area contributed by atoms with Crippen LogP contribution < -0.4 is 15.2 Å². The van der Waals surface area contributed by atoms with Crippen LogP contribution in [-0.4, -0.2) is 28.9 Å². The molecule has 0 aliphatic carbocycles. The molecular weight excluding hydrogens is 274 g/mol. The van der Waals surface area contributed by atoms with E-state index in [9.17, 15) is 4.21 Å². The SMILES string of the molecule is CCC(C)CS(=O)CC(N)c1ccc2c(c1)OCCO2. The third kappa shape index (κ3) is 3.96. The van der Waals surface area contributed by atoms with Crippen molar-refractivity contribution >= 4 is 10.8 Å². The fraction of sp³-hybridized carbons (Fsp3) is 0.600. The third-order valence-corrected chi connectivity index (χ3v) is 5.20. The largest absolute Gasteiger partial charge is 0.486 e. The van der Waals surface area contributed by atoms with Crippen molar-refractivity contribution in [1.29, 1.82) is 0 Å². The van der Waals surface area contributed by atoms with Crippen LogP contribution in [0.3, 0.4) is 0 Å². The van der Waals surface area contributed by atoms with E-state index in [-0.39, 0.29) is 6.04 Å². The second-order valence-electron chi connectivity index (χ2n) is 5.30. The van der Waals surface area contributed by atoms with E-state index in [2.05, 4.69) is 13.8 Å². The zero-order valence-electron chi connectivity index (χ0n) is 12.1. The Bertz CT molecular complexity index is 478. The lowest BCUT2D eigenvalue weighted by Gasteiger charge is -2.20. The van der Waals surface area contributed by atoms with E-state index in [1.54, 1.807) is 0 Å². The molecule has 0 aromatic heterocycles. The van der Waals surface area contributed by atoms with Gasteiger partial charge >= 0.3 is 0 Å². The third-order valence-electron chi connectivity index (χ3n) is 3.53. The van der Waals surface area contributed by atoms with Crippen molar-refractivity contribution in [3.8, 4) is 11.5 Å². The van der Waals surface area contributed by atoms with Gasteiger partial charge in [0.1, 0.15) is 13.2 Å². The van der Waals surface area contributed by atoms with Crippen LogP contribution in [-0.2, 0) is 10.8 Å². The van der Waals surface area contributed by atoms with Gasteiger partial charge in [-0.3, -0.25) is 4.21 Å². The zero-order chi connectivity index (χ0) is 14.5. The van der Waals surface area contributed by atoms with Gasteiger partial charge in [-0.25, -0.2) is 0 Å². The smallest absolute Gasteiger partial charge is 0.161 e. The van der Waals surface area contributed by atoms with E-state index < -0.39 is 10.8 Å². The number of hydrogen-bond donors (Lipinski definition) is 1. The van der Waals surface area contributed by atoms with Crippen molar-refractivity contribution in [3.05, 3.63) is 23.8 Å². The van der Waals surface area contributed by atoms with Gasteiger partial charge in [0, 0.05) is 28.3 Å². The first-order valence-electron chi connectivity index (χ1n) is 7.10. The van der Waals surface area contributed by atoms with Crippen molar-refractivity contribution < 1.29 is 13.7 Å². The van der Waals surface area contributed by atoms with Gasteiger partial charge in [0.25, 0.3) is 0 Å². The monoisotopic (exact) mass is 297 g/mol. The summed E-state index contributed by atoms with van der Waals surface area (Å²) in [5.74, 6) is 3.17. The summed E-state index contributed by atoms with van der Waals surface area (Å²) in [5, 5.41) is 0. The summed E-state index contributed by atoms with van der Waals surface area (Å²) < 4.78 is 23.1. The molecule has 3 unspecified atom stereocenters. The molecule has 20 heavy (non-hydrogen) atoms. The predicted octanol–water partition coefficient (Wildman–Crippen LogP) is 2.25. The van der Waals surface area contributed by atoms with Crippen molar-refractivity contribution in [1.82, 2.24) is 0 Å². The minimum Gasteiger partial charge on any atom is -0.486 e. The fourth-order valence-electron chi connectivity index (χ4n) is 2.09. The first-order valence-corrected chi connectivity index (χ1v) is 8.59. The maximum absolute atomic E-state index is 12.1. The van der Waals surface area contributed by atoms with Crippen LogP contribution >= 0.6 is 0 Å². The molecule has 0 fully saturated rings. The van der Waals surface area contributed by atoms with Crippen molar-refractivity contribution in [3.63, 3.8) is 0 Å². The molecule has 1 aliphatic heterocycles. The van der Waals surface area contributed by atoms with E-state index >= 15 is 0 Å². The maximum atomic E-state index is 12.1. The van der Waals surface area contributed by atoms with Gasteiger partial charge in [-0.1, -0.05) is 26.3 Å². The van der Waals surface area contributed by atoms with E-state index in [0.29, 0.717) is 24.9 Å². The van der Waals surface area contributed by atoms with Gasteiger partial charge in [-0.2, -0.15) is 0 Å². The summed E-state index contributed by atoms with van der Waals surface area (Å²) in [6.45, 7) is 5.37. The zero-order valence-corrected chi connectivity index (χ0v) is 12.9. The fourth-order valence-corrected chi connectivity index (χ4v) is 3.69. The molecule has 4 nitrogen and oxygen atoms in total. The number of nitrogens with two attached hydrogens (primary N) is 1. The van der Waals surface area contributed by atoms with Crippen molar-refractivity contribution in [2.45, 2.75) is 26.3 Å². The molecule has 1 aliphatic rings. The topological polar surface area (TPSA) is 61.6 Å². The number of benzene rings is 1. The highest BCUT2D eigenvalue weighted by atomic mass is 32.2. The lowest BCUT2D eigenvalue weighted by Crippen LogP contribution is -2.22.